The molecule has 134 valence electrons. The van der Waals surface area contributed by atoms with Crippen LogP contribution in [-0.4, -0.2) is 29.5 Å². The molecule has 6 heteroatoms. The first-order valence-corrected chi connectivity index (χ1v) is 8.25. The third-order valence-electron chi connectivity index (χ3n) is 3.89. The Morgan fingerprint density at radius 2 is 1.84 bits per heavy atom. The number of amides is 2. The van der Waals surface area contributed by atoms with Gasteiger partial charge in [0, 0.05) is 5.56 Å². The Morgan fingerprint density at radius 3 is 2.40 bits per heavy atom. The molecule has 0 aliphatic carbocycles. The molecule has 2 aromatic rings. The lowest BCUT2D eigenvalue weighted by Crippen LogP contribution is -2.50. The van der Waals surface area contributed by atoms with E-state index < -0.39 is 12.1 Å². The van der Waals surface area contributed by atoms with Gasteiger partial charge in [-0.05, 0) is 37.1 Å². The molecule has 1 aromatic carbocycles. The zero-order valence-electron chi connectivity index (χ0n) is 14.7. The molecule has 2 amide bonds. The summed E-state index contributed by atoms with van der Waals surface area (Å²) in [4.78, 5) is 24.8. The molecule has 6 nitrogen and oxygen atoms in total. The summed E-state index contributed by atoms with van der Waals surface area (Å²) in [6.45, 7) is 5.65. The van der Waals surface area contributed by atoms with Crippen molar-refractivity contribution in [3.8, 4) is 0 Å². The second-order valence-corrected chi connectivity index (χ2v) is 6.34. The van der Waals surface area contributed by atoms with Crippen LogP contribution in [-0.2, 0) is 4.79 Å². The Balaban J connectivity index is 1.95. The molecule has 2 rings (SSSR count). The fourth-order valence-electron chi connectivity index (χ4n) is 2.35. The van der Waals surface area contributed by atoms with Gasteiger partial charge < -0.3 is 20.2 Å². The third kappa shape index (κ3) is 5.19. The largest absolute Gasteiger partial charge is 0.467 e. The maximum Gasteiger partial charge on any atom is 0.251 e. The van der Waals surface area contributed by atoms with Crippen LogP contribution in [0.3, 0.4) is 0 Å². The van der Waals surface area contributed by atoms with Gasteiger partial charge >= 0.3 is 0 Å². The summed E-state index contributed by atoms with van der Waals surface area (Å²) in [6.07, 6.45) is 0.526. The van der Waals surface area contributed by atoms with Crippen LogP contribution in [0.4, 0.5) is 0 Å². The smallest absolute Gasteiger partial charge is 0.251 e. The lowest BCUT2D eigenvalue weighted by molar-refractivity contribution is -0.124. The molecule has 3 N–H and O–H groups in total. The van der Waals surface area contributed by atoms with E-state index in [9.17, 15) is 14.7 Å². The van der Waals surface area contributed by atoms with E-state index in [0.717, 1.165) is 5.56 Å². The van der Waals surface area contributed by atoms with Crippen LogP contribution < -0.4 is 10.6 Å². The highest BCUT2D eigenvalue weighted by Gasteiger charge is 2.25. The molecule has 0 bridgehead atoms. The highest BCUT2D eigenvalue weighted by molar-refractivity contribution is 5.97. The van der Waals surface area contributed by atoms with Crippen molar-refractivity contribution in [2.24, 2.45) is 5.92 Å². The van der Waals surface area contributed by atoms with Crippen molar-refractivity contribution in [2.75, 3.05) is 6.54 Å². The van der Waals surface area contributed by atoms with Crippen LogP contribution in [0, 0.1) is 12.8 Å². The maximum absolute atomic E-state index is 12.4. The van der Waals surface area contributed by atoms with Gasteiger partial charge in [0.2, 0.25) is 5.91 Å². The average Bonchev–Trinajstić information content (AvgIpc) is 3.12. The number of aliphatic hydroxyl groups is 1. The molecule has 0 saturated heterocycles. The number of hydrogen-bond donors (Lipinski definition) is 3. The Kier molecular flexibility index (Phi) is 6.36. The van der Waals surface area contributed by atoms with Gasteiger partial charge in [-0.1, -0.05) is 31.5 Å². The van der Waals surface area contributed by atoms with Crippen molar-refractivity contribution in [2.45, 2.75) is 32.9 Å². The molecule has 1 aromatic heterocycles. The van der Waals surface area contributed by atoms with Gasteiger partial charge in [-0.15, -0.1) is 0 Å². The molecule has 0 saturated carbocycles. The summed E-state index contributed by atoms with van der Waals surface area (Å²) in [5.41, 5.74) is 1.56. The van der Waals surface area contributed by atoms with Crippen LogP contribution in [0.5, 0.6) is 0 Å². The number of benzene rings is 1. The van der Waals surface area contributed by atoms with E-state index >= 15 is 0 Å². The number of furan rings is 1. The molecule has 0 spiro atoms. The number of hydrogen-bond acceptors (Lipinski definition) is 4. The fourth-order valence-corrected chi connectivity index (χ4v) is 2.35. The number of rotatable bonds is 7. The second kappa shape index (κ2) is 8.48. The fraction of sp³-hybridized carbons (Fsp3) is 0.368. The zero-order chi connectivity index (χ0) is 18.4. The van der Waals surface area contributed by atoms with Gasteiger partial charge in [-0.3, -0.25) is 9.59 Å². The Labute approximate surface area is 147 Å². The molecule has 0 aliphatic heterocycles. The maximum atomic E-state index is 12.4. The number of carbonyl (C=O) groups excluding carboxylic acids is 2. The van der Waals surface area contributed by atoms with Gasteiger partial charge in [0.25, 0.3) is 5.91 Å². The second-order valence-electron chi connectivity index (χ2n) is 6.34. The first-order valence-electron chi connectivity index (χ1n) is 8.25. The molecule has 1 heterocycles. The first kappa shape index (κ1) is 18.7. The van der Waals surface area contributed by atoms with Crippen LogP contribution in [0.15, 0.2) is 47.1 Å². The summed E-state index contributed by atoms with van der Waals surface area (Å²) in [7, 11) is 0. The molecule has 25 heavy (non-hydrogen) atoms. The third-order valence-corrected chi connectivity index (χ3v) is 3.89. The number of aliphatic hydroxyl groups excluding tert-OH is 1. The van der Waals surface area contributed by atoms with Crippen molar-refractivity contribution in [1.82, 2.24) is 10.6 Å². The average molecular weight is 344 g/mol. The predicted molar refractivity (Wildman–Crippen MR) is 93.9 cm³/mol. The Hall–Kier alpha value is -2.60. The molecule has 2 atom stereocenters. The quantitative estimate of drug-likeness (QED) is 0.718. The standard InChI is InChI=1S/C19H24N2O4/c1-12(2)17(21-18(23)14-8-6-13(3)7-9-14)19(24)20-11-15(22)16-5-4-10-25-16/h4-10,12,15,17,22H,11H2,1-3H3,(H,20,24)(H,21,23). The van der Waals surface area contributed by atoms with Gasteiger partial charge in [0.1, 0.15) is 17.9 Å². The molecular weight excluding hydrogens is 320 g/mol. The van der Waals surface area contributed by atoms with Crippen LogP contribution >= 0.6 is 0 Å². The van der Waals surface area contributed by atoms with Gasteiger partial charge in [0.05, 0.1) is 12.8 Å². The molecule has 0 aliphatic rings. The zero-order valence-corrected chi connectivity index (χ0v) is 14.7. The van der Waals surface area contributed by atoms with E-state index in [2.05, 4.69) is 10.6 Å². The highest BCUT2D eigenvalue weighted by Crippen LogP contribution is 2.12. The molecule has 0 fully saturated rings. The van der Waals surface area contributed by atoms with E-state index in [0.29, 0.717) is 11.3 Å². The van der Waals surface area contributed by atoms with Crippen LogP contribution in [0.25, 0.3) is 0 Å². The monoisotopic (exact) mass is 344 g/mol. The minimum Gasteiger partial charge on any atom is -0.467 e. The summed E-state index contributed by atoms with van der Waals surface area (Å²) in [5, 5.41) is 15.4. The lowest BCUT2D eigenvalue weighted by Gasteiger charge is -2.22. The van der Waals surface area contributed by atoms with Crippen LogP contribution in [0.1, 0.15) is 41.6 Å². The van der Waals surface area contributed by atoms with E-state index in [-0.39, 0.29) is 24.3 Å². The summed E-state index contributed by atoms with van der Waals surface area (Å²) >= 11 is 0. The molecule has 2 unspecified atom stereocenters. The number of carbonyl (C=O) groups is 2. The van der Waals surface area contributed by atoms with Crippen LogP contribution in [0.2, 0.25) is 0 Å². The summed E-state index contributed by atoms with van der Waals surface area (Å²) in [5.74, 6) is -0.373. The molecular formula is C19H24N2O4. The number of nitrogens with one attached hydrogen (secondary N) is 2. The van der Waals surface area contributed by atoms with Gasteiger partial charge in [0.15, 0.2) is 0 Å². The van der Waals surface area contributed by atoms with Crippen molar-refractivity contribution >= 4 is 11.8 Å². The topological polar surface area (TPSA) is 91.6 Å². The highest BCUT2D eigenvalue weighted by atomic mass is 16.4. The minimum absolute atomic E-state index is 0.00989. The van der Waals surface area contributed by atoms with Crippen molar-refractivity contribution in [3.05, 3.63) is 59.5 Å². The molecule has 0 radical (unpaired) electrons. The van der Waals surface area contributed by atoms with E-state index in [4.69, 9.17) is 4.42 Å². The van der Waals surface area contributed by atoms with Gasteiger partial charge in [-0.25, -0.2) is 0 Å². The Morgan fingerprint density at radius 1 is 1.16 bits per heavy atom. The SMILES string of the molecule is Cc1ccc(C(=O)NC(C(=O)NCC(O)c2ccco2)C(C)C)cc1. The van der Waals surface area contributed by atoms with E-state index in [1.807, 2.05) is 32.9 Å². The number of aryl methyl sites for hydroxylation is 1. The minimum atomic E-state index is -0.931. The van der Waals surface area contributed by atoms with Crippen molar-refractivity contribution < 1.29 is 19.1 Å². The van der Waals surface area contributed by atoms with E-state index in [1.54, 1.807) is 24.3 Å². The Bertz CT molecular complexity index is 693. The summed E-state index contributed by atoms with van der Waals surface area (Å²) < 4.78 is 5.10. The van der Waals surface area contributed by atoms with Crippen molar-refractivity contribution in [1.29, 1.82) is 0 Å². The predicted octanol–water partition coefficient (Wildman–Crippen LogP) is 2.19. The summed E-state index contributed by atoms with van der Waals surface area (Å²) in [6, 6.07) is 9.74. The van der Waals surface area contributed by atoms with Gasteiger partial charge in [-0.2, -0.15) is 0 Å². The lowest BCUT2D eigenvalue weighted by atomic mass is 10.0. The van der Waals surface area contributed by atoms with E-state index in [1.165, 1.54) is 6.26 Å². The first-order chi connectivity index (χ1) is 11.9. The normalized spacial score (nSPS) is 13.3. The van der Waals surface area contributed by atoms with Crippen molar-refractivity contribution in [3.63, 3.8) is 0 Å².